The fraction of sp³-hybridized carbons (Fsp3) is 0.500. The summed E-state index contributed by atoms with van der Waals surface area (Å²) in [5, 5.41) is 3.03. The van der Waals surface area contributed by atoms with Gasteiger partial charge < -0.3 is 10.2 Å². The van der Waals surface area contributed by atoms with E-state index in [0.717, 1.165) is 6.07 Å². The van der Waals surface area contributed by atoms with Gasteiger partial charge in [-0.05, 0) is 18.6 Å². The summed E-state index contributed by atoms with van der Waals surface area (Å²) in [7, 11) is -3.08. The van der Waals surface area contributed by atoms with E-state index in [4.69, 9.17) is 0 Å². The van der Waals surface area contributed by atoms with Crippen LogP contribution >= 0.6 is 0 Å². The number of fused-ring (bicyclic) bond motifs is 3. The zero-order valence-electron chi connectivity index (χ0n) is 10.2. The Kier molecular flexibility index (Phi) is 2.88. The number of sulfone groups is 1. The zero-order chi connectivity index (χ0) is 13.6. The number of benzene rings is 1. The van der Waals surface area contributed by atoms with Crippen molar-refractivity contribution in [1.29, 1.82) is 0 Å². The van der Waals surface area contributed by atoms with Gasteiger partial charge in [0.15, 0.2) is 21.5 Å². The van der Waals surface area contributed by atoms with Crippen LogP contribution in [0.1, 0.15) is 6.42 Å². The molecule has 0 radical (unpaired) electrons. The summed E-state index contributed by atoms with van der Waals surface area (Å²) in [6.45, 7) is 0.761. The molecule has 7 heteroatoms. The van der Waals surface area contributed by atoms with Crippen molar-refractivity contribution in [3.8, 4) is 0 Å². The Morgan fingerprint density at radius 1 is 1.32 bits per heavy atom. The van der Waals surface area contributed by atoms with E-state index in [0.29, 0.717) is 18.7 Å². The summed E-state index contributed by atoms with van der Waals surface area (Å²) >= 11 is 0. The average Bonchev–Trinajstić information content (AvgIpc) is 2.51. The Morgan fingerprint density at radius 3 is 2.89 bits per heavy atom. The summed E-state index contributed by atoms with van der Waals surface area (Å²) in [5.41, 5.74) is 0.693. The lowest BCUT2D eigenvalue weighted by Gasteiger charge is -2.36. The van der Waals surface area contributed by atoms with E-state index in [9.17, 15) is 17.2 Å². The Balaban J connectivity index is 2.08. The number of anilines is 2. The highest BCUT2D eigenvalue weighted by Gasteiger charge is 2.35. The zero-order valence-corrected chi connectivity index (χ0v) is 11.0. The molecule has 2 aliphatic heterocycles. The van der Waals surface area contributed by atoms with Crippen molar-refractivity contribution in [2.24, 2.45) is 0 Å². The van der Waals surface area contributed by atoms with Gasteiger partial charge in [0.2, 0.25) is 0 Å². The molecule has 0 aliphatic carbocycles. The number of nitrogens with one attached hydrogen (secondary N) is 1. The van der Waals surface area contributed by atoms with E-state index in [1.54, 1.807) is 4.90 Å². The molecule has 1 N–H and O–H groups in total. The Labute approximate surface area is 110 Å². The highest BCUT2D eigenvalue weighted by atomic mass is 32.2. The minimum atomic E-state index is -3.08. The average molecular weight is 288 g/mol. The first kappa shape index (κ1) is 12.7. The van der Waals surface area contributed by atoms with Crippen LogP contribution in [0.25, 0.3) is 0 Å². The lowest BCUT2D eigenvalue weighted by molar-refractivity contribution is 0.498. The van der Waals surface area contributed by atoms with Crippen LogP contribution in [0, 0.1) is 11.6 Å². The second-order valence-electron chi connectivity index (χ2n) is 4.93. The van der Waals surface area contributed by atoms with Gasteiger partial charge in [0, 0.05) is 19.1 Å². The van der Waals surface area contributed by atoms with Crippen molar-refractivity contribution in [2.45, 2.75) is 12.5 Å². The molecule has 1 unspecified atom stereocenters. The van der Waals surface area contributed by atoms with Gasteiger partial charge in [0.1, 0.15) is 0 Å². The van der Waals surface area contributed by atoms with Crippen LogP contribution in [-0.2, 0) is 9.84 Å². The molecule has 4 nitrogen and oxygen atoms in total. The number of halogens is 2. The molecular formula is C12H14F2N2O2S. The fourth-order valence-corrected chi connectivity index (χ4v) is 4.33. The van der Waals surface area contributed by atoms with Crippen molar-refractivity contribution < 1.29 is 17.2 Å². The minimum Gasteiger partial charge on any atom is -0.383 e. The summed E-state index contributed by atoms with van der Waals surface area (Å²) in [6, 6.07) is 2.30. The van der Waals surface area contributed by atoms with Crippen LogP contribution < -0.4 is 10.2 Å². The third kappa shape index (κ3) is 2.16. The monoisotopic (exact) mass is 288 g/mol. The molecule has 0 spiro atoms. The van der Waals surface area contributed by atoms with Crippen LogP contribution in [0.2, 0.25) is 0 Å². The maximum atomic E-state index is 14.0. The Hall–Kier alpha value is -1.37. The normalized spacial score (nSPS) is 24.9. The van der Waals surface area contributed by atoms with E-state index >= 15 is 0 Å². The second-order valence-corrected chi connectivity index (χ2v) is 7.16. The molecule has 1 atom stereocenters. The largest absolute Gasteiger partial charge is 0.383 e. The standard InChI is InChI=1S/C12H14F2N2O2S/c13-9-1-2-10-12(11(9)14)16-5-6-19(17,18)7-8(16)3-4-15-10/h1-2,8,15H,3-7H2. The molecule has 0 bridgehead atoms. The van der Waals surface area contributed by atoms with Gasteiger partial charge in [-0.15, -0.1) is 0 Å². The van der Waals surface area contributed by atoms with Gasteiger partial charge in [-0.3, -0.25) is 0 Å². The van der Waals surface area contributed by atoms with Crippen molar-refractivity contribution in [3.63, 3.8) is 0 Å². The van der Waals surface area contributed by atoms with Gasteiger partial charge in [-0.2, -0.15) is 0 Å². The van der Waals surface area contributed by atoms with Crippen molar-refractivity contribution in [2.75, 3.05) is 34.8 Å². The molecular weight excluding hydrogens is 274 g/mol. The Morgan fingerprint density at radius 2 is 2.11 bits per heavy atom. The third-order valence-corrected chi connectivity index (χ3v) is 5.38. The maximum Gasteiger partial charge on any atom is 0.184 e. The smallest absolute Gasteiger partial charge is 0.184 e. The molecule has 19 heavy (non-hydrogen) atoms. The summed E-state index contributed by atoms with van der Waals surface area (Å²) < 4.78 is 50.8. The van der Waals surface area contributed by atoms with E-state index in [2.05, 4.69) is 5.32 Å². The van der Waals surface area contributed by atoms with Gasteiger partial charge in [0.05, 0.1) is 22.9 Å². The fourth-order valence-electron chi connectivity index (χ4n) is 2.76. The first-order chi connectivity index (χ1) is 8.98. The molecule has 104 valence electrons. The van der Waals surface area contributed by atoms with Gasteiger partial charge in [-0.25, -0.2) is 17.2 Å². The predicted molar refractivity (Wildman–Crippen MR) is 69.3 cm³/mol. The maximum absolute atomic E-state index is 14.0. The summed E-state index contributed by atoms with van der Waals surface area (Å²) in [6.07, 6.45) is 0.592. The first-order valence-corrected chi connectivity index (χ1v) is 7.99. The number of hydrogen-bond acceptors (Lipinski definition) is 4. The molecule has 0 amide bonds. The molecule has 3 rings (SSSR count). The second kappa shape index (κ2) is 4.33. The number of nitrogens with zero attached hydrogens (tertiary/aromatic N) is 1. The third-order valence-electron chi connectivity index (χ3n) is 3.68. The van der Waals surface area contributed by atoms with E-state index in [1.807, 2.05) is 0 Å². The molecule has 1 aromatic carbocycles. The van der Waals surface area contributed by atoms with E-state index < -0.39 is 21.5 Å². The van der Waals surface area contributed by atoms with Crippen LogP contribution in [0.15, 0.2) is 12.1 Å². The van der Waals surface area contributed by atoms with Crippen LogP contribution in [0.5, 0.6) is 0 Å². The number of hydrogen-bond donors (Lipinski definition) is 1. The summed E-state index contributed by atoms with van der Waals surface area (Å²) in [4.78, 5) is 1.69. The van der Waals surface area contributed by atoms with Crippen molar-refractivity contribution in [3.05, 3.63) is 23.8 Å². The topological polar surface area (TPSA) is 49.4 Å². The number of rotatable bonds is 0. The lowest BCUT2D eigenvalue weighted by Crippen LogP contribution is -2.48. The van der Waals surface area contributed by atoms with Crippen LogP contribution in [-0.4, -0.2) is 39.1 Å². The molecule has 2 heterocycles. The molecule has 1 fully saturated rings. The first-order valence-electron chi connectivity index (χ1n) is 6.17. The summed E-state index contributed by atoms with van der Waals surface area (Å²) in [5.74, 6) is -1.82. The van der Waals surface area contributed by atoms with E-state index in [1.165, 1.54) is 6.07 Å². The highest BCUT2D eigenvalue weighted by molar-refractivity contribution is 7.91. The quantitative estimate of drug-likeness (QED) is 0.783. The Bertz CT molecular complexity index is 618. The lowest BCUT2D eigenvalue weighted by atomic mass is 10.1. The highest BCUT2D eigenvalue weighted by Crippen LogP contribution is 2.36. The molecule has 2 aliphatic rings. The minimum absolute atomic E-state index is 0.00404. The van der Waals surface area contributed by atoms with Gasteiger partial charge in [-0.1, -0.05) is 0 Å². The SMILES string of the molecule is O=S1(=O)CCN2c3c(ccc(F)c3F)NCCC2C1. The molecule has 1 saturated heterocycles. The van der Waals surface area contributed by atoms with Gasteiger partial charge in [0.25, 0.3) is 0 Å². The molecule has 0 aromatic heterocycles. The van der Waals surface area contributed by atoms with Crippen molar-refractivity contribution >= 4 is 21.2 Å². The molecule has 0 saturated carbocycles. The van der Waals surface area contributed by atoms with Crippen LogP contribution in [0.4, 0.5) is 20.2 Å². The van der Waals surface area contributed by atoms with Crippen LogP contribution in [0.3, 0.4) is 0 Å². The molecule has 1 aromatic rings. The predicted octanol–water partition coefficient (Wildman–Crippen LogP) is 1.38. The van der Waals surface area contributed by atoms with Crippen molar-refractivity contribution in [1.82, 2.24) is 0 Å². The van der Waals surface area contributed by atoms with E-state index in [-0.39, 0.29) is 29.8 Å². The van der Waals surface area contributed by atoms with Gasteiger partial charge >= 0.3 is 0 Å².